The van der Waals surface area contributed by atoms with Gasteiger partial charge in [0.25, 0.3) is 0 Å². The first-order chi connectivity index (χ1) is 12.1. The van der Waals surface area contributed by atoms with Gasteiger partial charge in [-0.05, 0) is 25.8 Å². The van der Waals surface area contributed by atoms with E-state index < -0.39 is 5.97 Å². The summed E-state index contributed by atoms with van der Waals surface area (Å²) in [6.07, 6.45) is 8.56. The monoisotopic (exact) mass is 338 g/mol. The molecule has 0 atom stereocenters. The highest BCUT2D eigenvalue weighted by molar-refractivity contribution is 5.87. The first kappa shape index (κ1) is 15.5. The average molecular weight is 338 g/mol. The summed E-state index contributed by atoms with van der Waals surface area (Å²) in [6.45, 7) is 3.59. The van der Waals surface area contributed by atoms with E-state index in [9.17, 15) is 4.79 Å². The summed E-state index contributed by atoms with van der Waals surface area (Å²) in [6, 6.07) is 1.90. The van der Waals surface area contributed by atoms with Crippen molar-refractivity contribution in [3.8, 4) is 0 Å². The van der Waals surface area contributed by atoms with Crippen LogP contribution in [-0.2, 0) is 0 Å². The number of rotatable bonds is 3. The Morgan fingerprint density at radius 3 is 2.72 bits per heavy atom. The molecule has 1 N–H and O–H groups in total. The molecule has 1 aliphatic rings. The molecular weight excluding hydrogens is 320 g/mol. The zero-order valence-electron chi connectivity index (χ0n) is 13.8. The number of hydrogen-bond donors (Lipinski definition) is 1. The Kier molecular flexibility index (Phi) is 3.79. The third-order valence-electron chi connectivity index (χ3n) is 4.55. The van der Waals surface area contributed by atoms with Crippen LogP contribution in [0.4, 0.5) is 5.82 Å². The number of piperidine rings is 1. The molecule has 0 saturated carbocycles. The molecule has 0 amide bonds. The van der Waals surface area contributed by atoms with Crippen molar-refractivity contribution in [2.45, 2.75) is 25.7 Å². The summed E-state index contributed by atoms with van der Waals surface area (Å²) in [4.78, 5) is 30.9. The second kappa shape index (κ2) is 6.12. The molecule has 1 saturated heterocycles. The molecule has 0 bridgehead atoms. The van der Waals surface area contributed by atoms with Crippen molar-refractivity contribution in [2.75, 3.05) is 18.0 Å². The zero-order chi connectivity index (χ0) is 17.4. The number of anilines is 1. The maximum atomic E-state index is 11.2. The summed E-state index contributed by atoms with van der Waals surface area (Å²) in [5.74, 6) is 0.925. The molecule has 4 rings (SSSR count). The van der Waals surface area contributed by atoms with Crippen LogP contribution in [0.25, 0.3) is 5.65 Å². The maximum absolute atomic E-state index is 11.2. The van der Waals surface area contributed by atoms with Crippen LogP contribution in [-0.4, -0.2) is 48.5 Å². The number of aromatic carboxylic acids is 1. The fourth-order valence-corrected chi connectivity index (χ4v) is 3.25. The van der Waals surface area contributed by atoms with Crippen LogP contribution >= 0.6 is 0 Å². The molecule has 3 aromatic heterocycles. The van der Waals surface area contributed by atoms with Crippen LogP contribution in [0.1, 0.15) is 40.8 Å². The van der Waals surface area contributed by atoms with Crippen LogP contribution in [0, 0.1) is 6.92 Å². The summed E-state index contributed by atoms with van der Waals surface area (Å²) in [5.41, 5.74) is 1.58. The second-order valence-electron chi connectivity index (χ2n) is 6.23. The van der Waals surface area contributed by atoms with Crippen molar-refractivity contribution in [2.24, 2.45) is 0 Å². The first-order valence-electron chi connectivity index (χ1n) is 8.23. The van der Waals surface area contributed by atoms with Crippen LogP contribution in [0.15, 0.2) is 30.9 Å². The highest BCUT2D eigenvalue weighted by Gasteiger charge is 2.25. The Balaban J connectivity index is 1.56. The number of hydrogen-bond acceptors (Lipinski definition) is 6. The van der Waals surface area contributed by atoms with Gasteiger partial charge in [-0.15, -0.1) is 0 Å². The highest BCUT2D eigenvalue weighted by atomic mass is 16.4. The molecule has 1 aliphatic heterocycles. The van der Waals surface area contributed by atoms with Gasteiger partial charge >= 0.3 is 5.97 Å². The topological polar surface area (TPSA) is 96.5 Å². The molecule has 25 heavy (non-hydrogen) atoms. The average Bonchev–Trinajstić information content (AvgIpc) is 3.06. The minimum absolute atomic E-state index is 0.0253. The molecule has 1 fully saturated rings. The summed E-state index contributed by atoms with van der Waals surface area (Å²) in [7, 11) is 0. The van der Waals surface area contributed by atoms with Gasteiger partial charge in [0.15, 0.2) is 17.2 Å². The van der Waals surface area contributed by atoms with E-state index in [1.165, 1.54) is 6.20 Å². The number of carboxylic acid groups (broad SMARTS) is 1. The van der Waals surface area contributed by atoms with Crippen molar-refractivity contribution in [1.82, 2.24) is 24.3 Å². The predicted molar refractivity (Wildman–Crippen MR) is 90.9 cm³/mol. The van der Waals surface area contributed by atoms with Gasteiger partial charge < -0.3 is 14.4 Å². The van der Waals surface area contributed by atoms with Gasteiger partial charge in [0.05, 0.1) is 0 Å². The van der Waals surface area contributed by atoms with Gasteiger partial charge in [-0.3, -0.25) is 0 Å². The quantitative estimate of drug-likeness (QED) is 0.779. The zero-order valence-corrected chi connectivity index (χ0v) is 13.8. The Labute approximate surface area is 144 Å². The summed E-state index contributed by atoms with van der Waals surface area (Å²) < 4.78 is 1.71. The van der Waals surface area contributed by atoms with Gasteiger partial charge in [0, 0.05) is 49.5 Å². The Morgan fingerprint density at radius 1 is 1.20 bits per heavy atom. The largest absolute Gasteiger partial charge is 0.476 e. The Morgan fingerprint density at radius 2 is 2.00 bits per heavy atom. The van der Waals surface area contributed by atoms with Crippen molar-refractivity contribution < 1.29 is 9.90 Å². The number of carboxylic acids is 1. The van der Waals surface area contributed by atoms with Gasteiger partial charge in [0.2, 0.25) is 0 Å². The summed E-state index contributed by atoms with van der Waals surface area (Å²) >= 11 is 0. The van der Waals surface area contributed by atoms with Gasteiger partial charge in [-0.25, -0.2) is 24.7 Å². The molecule has 128 valence electrons. The van der Waals surface area contributed by atoms with Crippen molar-refractivity contribution >= 4 is 17.4 Å². The third-order valence-corrected chi connectivity index (χ3v) is 4.55. The van der Waals surface area contributed by atoms with Crippen LogP contribution < -0.4 is 4.90 Å². The molecule has 0 unspecified atom stereocenters. The number of nitrogens with zero attached hydrogens (tertiary/aromatic N) is 6. The number of imidazole rings is 1. The van der Waals surface area contributed by atoms with E-state index in [1.54, 1.807) is 16.8 Å². The fourth-order valence-electron chi connectivity index (χ4n) is 3.25. The van der Waals surface area contributed by atoms with Crippen LogP contribution in [0.2, 0.25) is 0 Å². The lowest BCUT2D eigenvalue weighted by Gasteiger charge is -2.32. The maximum Gasteiger partial charge on any atom is 0.356 e. The van der Waals surface area contributed by atoms with Gasteiger partial charge in [0.1, 0.15) is 5.82 Å². The number of aromatic nitrogens is 5. The molecule has 0 aliphatic carbocycles. The normalized spacial score (nSPS) is 15.6. The molecule has 0 radical (unpaired) electrons. The standard InChI is InChI=1S/C17H18N6O2/c1-11-2-5-18-14(20-11)12-3-7-22(8-4-12)15-16-21-13(17(24)25)10-23(16)9-6-19-15/h2,5-6,9-10,12H,3-4,7-8H2,1H3,(H,24,25). The highest BCUT2D eigenvalue weighted by Crippen LogP contribution is 2.29. The molecule has 0 aromatic carbocycles. The lowest BCUT2D eigenvalue weighted by molar-refractivity contribution is 0.0691. The van der Waals surface area contributed by atoms with E-state index in [1.807, 2.05) is 19.2 Å². The smallest absolute Gasteiger partial charge is 0.356 e. The number of fused-ring (bicyclic) bond motifs is 1. The van der Waals surface area contributed by atoms with E-state index in [-0.39, 0.29) is 5.69 Å². The molecular formula is C17H18N6O2. The molecule has 8 heteroatoms. The van der Waals surface area contributed by atoms with Crippen LogP contribution in [0.3, 0.4) is 0 Å². The van der Waals surface area contributed by atoms with Crippen molar-refractivity contribution in [3.63, 3.8) is 0 Å². The fraction of sp³-hybridized carbons (Fsp3) is 0.353. The van der Waals surface area contributed by atoms with E-state index in [0.717, 1.165) is 43.3 Å². The Bertz CT molecular complexity index is 930. The van der Waals surface area contributed by atoms with Gasteiger partial charge in [-0.1, -0.05) is 0 Å². The summed E-state index contributed by atoms with van der Waals surface area (Å²) in [5, 5.41) is 9.15. The number of aryl methyl sites for hydroxylation is 1. The Hall–Kier alpha value is -3.03. The minimum Gasteiger partial charge on any atom is -0.476 e. The number of carbonyl (C=O) groups is 1. The first-order valence-corrected chi connectivity index (χ1v) is 8.23. The van der Waals surface area contributed by atoms with E-state index in [4.69, 9.17) is 5.11 Å². The van der Waals surface area contributed by atoms with E-state index >= 15 is 0 Å². The van der Waals surface area contributed by atoms with Crippen LogP contribution in [0.5, 0.6) is 0 Å². The third kappa shape index (κ3) is 2.90. The lowest BCUT2D eigenvalue weighted by atomic mass is 9.96. The molecule has 3 aromatic rings. The molecule has 8 nitrogen and oxygen atoms in total. The van der Waals surface area contributed by atoms with E-state index in [2.05, 4.69) is 24.8 Å². The van der Waals surface area contributed by atoms with E-state index in [0.29, 0.717) is 11.6 Å². The van der Waals surface area contributed by atoms with Gasteiger partial charge in [-0.2, -0.15) is 0 Å². The van der Waals surface area contributed by atoms with Crippen molar-refractivity contribution in [1.29, 1.82) is 0 Å². The molecule has 4 heterocycles. The molecule has 0 spiro atoms. The minimum atomic E-state index is -1.04. The SMILES string of the molecule is Cc1ccnc(C2CCN(c3nccn4cc(C(=O)O)nc34)CC2)n1. The second-order valence-corrected chi connectivity index (χ2v) is 6.23. The predicted octanol–water partition coefficient (Wildman–Crippen LogP) is 1.91. The van der Waals surface area contributed by atoms with Crippen molar-refractivity contribution in [3.05, 3.63) is 48.1 Å². The lowest BCUT2D eigenvalue weighted by Crippen LogP contribution is -2.34.